The molecule has 0 atom stereocenters. The molecule has 4 aromatic rings. The molecule has 48 heavy (non-hydrogen) atoms. The Morgan fingerprint density at radius 2 is 0.958 bits per heavy atom. The lowest BCUT2D eigenvalue weighted by Crippen LogP contribution is -2.56. The summed E-state index contributed by atoms with van der Waals surface area (Å²) in [6.45, 7) is 14.0. The van der Waals surface area contributed by atoms with E-state index in [1.54, 1.807) is 14.9 Å². The minimum atomic E-state index is -1.99. The van der Waals surface area contributed by atoms with Gasteiger partial charge in [0.05, 0.1) is 30.3 Å². The van der Waals surface area contributed by atoms with Crippen molar-refractivity contribution in [2.24, 2.45) is 0 Å². The second-order valence-corrected chi connectivity index (χ2v) is 27.8. The van der Waals surface area contributed by atoms with Crippen LogP contribution in [0.1, 0.15) is 140 Å². The third-order valence-corrected chi connectivity index (χ3v) is 27.0. The third-order valence-electron chi connectivity index (χ3n) is 11.3. The molecule has 6 rings (SSSR count). The van der Waals surface area contributed by atoms with Gasteiger partial charge in [-0.2, -0.15) is 0 Å². The minimum absolute atomic E-state index is 1.26. The second-order valence-electron chi connectivity index (χ2n) is 15.0. The summed E-state index contributed by atoms with van der Waals surface area (Å²) in [7, 11) is -3.79. The summed E-state index contributed by atoms with van der Waals surface area (Å²) in [5, 5.41) is 9.25. The number of nitrogens with zero attached hydrogens (tertiary/aromatic N) is 2. The Morgan fingerprint density at radius 3 is 1.52 bits per heavy atom. The van der Waals surface area contributed by atoms with Gasteiger partial charge in [-0.3, -0.25) is 4.98 Å². The van der Waals surface area contributed by atoms with Gasteiger partial charge in [0, 0.05) is 14.6 Å². The molecular weight excluding hydrogens is 693 g/mol. The van der Waals surface area contributed by atoms with E-state index < -0.39 is 16.1 Å². The Bertz CT molecular complexity index is 1500. The molecule has 262 valence electrons. The van der Waals surface area contributed by atoms with Crippen LogP contribution in [0.15, 0.2) is 12.1 Å². The van der Waals surface area contributed by atoms with Crippen LogP contribution in [0.2, 0.25) is 24.2 Å². The highest BCUT2D eigenvalue weighted by atomic mass is 32.1. The van der Waals surface area contributed by atoms with E-state index >= 15 is 0 Å². The van der Waals surface area contributed by atoms with Crippen molar-refractivity contribution < 1.29 is 0 Å². The van der Waals surface area contributed by atoms with Crippen LogP contribution in [0.5, 0.6) is 0 Å². The molecule has 0 aliphatic carbocycles. The van der Waals surface area contributed by atoms with Gasteiger partial charge in [0.25, 0.3) is 0 Å². The molecule has 0 N–H and O–H groups in total. The maximum atomic E-state index is 5.80. The normalized spacial score (nSPS) is 15.2. The van der Waals surface area contributed by atoms with Crippen molar-refractivity contribution in [2.75, 3.05) is 0 Å². The van der Waals surface area contributed by atoms with E-state index in [9.17, 15) is 0 Å². The van der Waals surface area contributed by atoms with Crippen molar-refractivity contribution in [1.82, 2.24) is 9.97 Å². The Labute approximate surface area is 310 Å². The first kappa shape index (κ1) is 36.9. The van der Waals surface area contributed by atoms with Crippen LogP contribution < -0.4 is 21.0 Å². The van der Waals surface area contributed by atoms with Crippen LogP contribution in [0, 0.1) is 13.8 Å². The van der Waals surface area contributed by atoms with Crippen LogP contribution in [-0.4, -0.2) is 26.1 Å². The Morgan fingerprint density at radius 1 is 0.479 bits per heavy atom. The summed E-state index contributed by atoms with van der Waals surface area (Å²) in [5.41, 5.74) is 0. The largest absolute Gasteiger partial charge is 0.250 e. The van der Waals surface area contributed by atoms with Gasteiger partial charge in [0.15, 0.2) is 8.07 Å². The number of fused-ring (bicyclic) bond motifs is 6. The molecular formula is C40H60N2S4Si2. The second kappa shape index (κ2) is 16.6. The number of unbranched alkanes of at least 4 members (excludes halogenated alkanes) is 12. The predicted octanol–water partition coefficient (Wildman–Crippen LogP) is 12.4. The summed E-state index contributed by atoms with van der Waals surface area (Å²) in [6.07, 6.45) is 21.7. The molecule has 0 aromatic carbocycles. The van der Waals surface area contributed by atoms with Crippen molar-refractivity contribution >= 4 is 82.5 Å². The molecule has 0 unspecified atom stereocenters. The lowest BCUT2D eigenvalue weighted by atomic mass is 10.2. The lowest BCUT2D eigenvalue weighted by Gasteiger charge is -2.29. The number of thiophene rings is 2. The lowest BCUT2D eigenvalue weighted by molar-refractivity contribution is 0.684. The SMILES string of the molecule is CCCCCC[Si]1(CCCCCC)c2cc(C)sc2-c2sc(-c3nc4c(s3)-c3sc(C)nc3[Si]4(CCCCCC)CCCCCC)cc21. The standard InChI is InChI=1S/C40H60N2S4Si2/c1-7-11-15-19-23-47(24-20-16-12-8-2)32-27-29(5)43-34(32)35-33(47)28-31(45-35)38-42-40-37(46-38)36-39(41-30(6)44-36)48(40,25-21-17-13-9-3)26-22-18-14-10-4/h27-28H,7-26H2,1-6H3. The van der Waals surface area contributed by atoms with Gasteiger partial charge in [-0.25, -0.2) is 4.98 Å². The van der Waals surface area contributed by atoms with E-state index in [1.807, 2.05) is 27.9 Å². The number of thiazole rings is 2. The van der Waals surface area contributed by atoms with E-state index in [0.29, 0.717) is 0 Å². The minimum Gasteiger partial charge on any atom is -0.250 e. The first-order valence-electron chi connectivity index (χ1n) is 19.7. The first-order valence-corrected chi connectivity index (χ1v) is 27.8. The monoisotopic (exact) mass is 752 g/mol. The van der Waals surface area contributed by atoms with Gasteiger partial charge in [-0.05, 0) is 60.5 Å². The van der Waals surface area contributed by atoms with Crippen LogP contribution in [0.4, 0.5) is 0 Å². The number of rotatable bonds is 21. The molecule has 2 aliphatic heterocycles. The van der Waals surface area contributed by atoms with Crippen LogP contribution in [-0.2, 0) is 0 Å². The maximum Gasteiger partial charge on any atom is 0.168 e. The highest BCUT2D eigenvalue weighted by Gasteiger charge is 2.51. The fourth-order valence-electron chi connectivity index (χ4n) is 8.80. The maximum absolute atomic E-state index is 5.80. The molecule has 0 radical (unpaired) electrons. The highest BCUT2D eigenvalue weighted by Crippen LogP contribution is 2.48. The zero-order valence-corrected chi connectivity index (χ0v) is 36.1. The fourth-order valence-corrected chi connectivity index (χ4v) is 26.9. The van der Waals surface area contributed by atoms with Crippen molar-refractivity contribution in [2.45, 2.75) is 168 Å². The average molecular weight is 753 g/mol. The van der Waals surface area contributed by atoms with Gasteiger partial charge in [0.2, 0.25) is 0 Å². The van der Waals surface area contributed by atoms with Gasteiger partial charge in [-0.15, -0.1) is 45.3 Å². The molecule has 0 spiro atoms. The van der Waals surface area contributed by atoms with Gasteiger partial charge < -0.3 is 0 Å². The summed E-state index contributed by atoms with van der Waals surface area (Å²) in [5.74, 6) is 0. The quantitative estimate of drug-likeness (QED) is 0.0626. The predicted molar refractivity (Wildman–Crippen MR) is 225 cm³/mol. The molecule has 6 heterocycles. The number of hydrogen-bond donors (Lipinski definition) is 0. The van der Waals surface area contributed by atoms with Gasteiger partial charge in [-0.1, -0.05) is 130 Å². The molecule has 0 saturated heterocycles. The van der Waals surface area contributed by atoms with E-state index in [2.05, 4.69) is 76.3 Å². The summed E-state index contributed by atoms with van der Waals surface area (Å²) >= 11 is 8.20. The van der Waals surface area contributed by atoms with E-state index in [-0.39, 0.29) is 0 Å². The molecule has 0 bridgehead atoms. The first-order chi connectivity index (χ1) is 23.4. The topological polar surface area (TPSA) is 25.8 Å². The van der Waals surface area contributed by atoms with E-state index in [0.717, 1.165) is 0 Å². The van der Waals surface area contributed by atoms with Crippen molar-refractivity contribution in [3.05, 3.63) is 22.0 Å². The smallest absolute Gasteiger partial charge is 0.168 e. The Hall–Kier alpha value is -0.906. The van der Waals surface area contributed by atoms with Gasteiger partial charge in [0.1, 0.15) is 13.1 Å². The Kier molecular flexibility index (Phi) is 12.8. The molecule has 4 aromatic heterocycles. The zero-order chi connectivity index (χ0) is 33.7. The average Bonchev–Trinajstić information content (AvgIpc) is 3.91. The van der Waals surface area contributed by atoms with Crippen molar-refractivity contribution in [3.63, 3.8) is 0 Å². The molecule has 2 nitrogen and oxygen atoms in total. The zero-order valence-electron chi connectivity index (χ0n) is 30.8. The molecule has 0 amide bonds. The van der Waals surface area contributed by atoms with Crippen LogP contribution >= 0.6 is 45.3 Å². The highest BCUT2D eigenvalue weighted by molar-refractivity contribution is 7.34. The van der Waals surface area contributed by atoms with Crippen molar-refractivity contribution in [3.8, 4) is 29.4 Å². The van der Waals surface area contributed by atoms with E-state index in [4.69, 9.17) is 9.97 Å². The molecule has 8 heteroatoms. The molecule has 2 aliphatic rings. The molecule has 0 fully saturated rings. The summed E-state index contributed by atoms with van der Waals surface area (Å²) < 4.78 is 0. The summed E-state index contributed by atoms with van der Waals surface area (Å²) in [6, 6.07) is 10.9. The van der Waals surface area contributed by atoms with Crippen molar-refractivity contribution in [1.29, 1.82) is 0 Å². The van der Waals surface area contributed by atoms with E-state index in [1.165, 1.54) is 167 Å². The Balaban J connectivity index is 1.41. The van der Waals surface area contributed by atoms with Crippen LogP contribution in [0.3, 0.4) is 0 Å². The number of aryl methyl sites for hydroxylation is 2. The summed E-state index contributed by atoms with van der Waals surface area (Å²) in [4.78, 5) is 20.5. The van der Waals surface area contributed by atoms with Gasteiger partial charge >= 0.3 is 0 Å². The van der Waals surface area contributed by atoms with Crippen LogP contribution in [0.25, 0.3) is 29.4 Å². The number of aromatic nitrogens is 2. The third kappa shape index (κ3) is 7.10. The number of hydrogen-bond acceptors (Lipinski definition) is 6. The fraction of sp³-hybridized carbons (Fsp3) is 0.650. The molecule has 0 saturated carbocycles.